The molecule has 42 heavy (non-hydrogen) atoms. The Kier molecular flexibility index (Phi) is 7.89. The van der Waals surface area contributed by atoms with Crippen molar-refractivity contribution in [1.29, 1.82) is 0 Å². The number of esters is 1. The van der Waals surface area contributed by atoms with Crippen molar-refractivity contribution >= 4 is 40.9 Å². The molecule has 0 aliphatic carbocycles. The molecular weight excluding hydrogens is 550 g/mol. The predicted molar refractivity (Wildman–Crippen MR) is 164 cm³/mol. The first kappa shape index (κ1) is 28.6. The Balaban J connectivity index is 1.43. The number of hydrogen-bond acceptors (Lipinski definition) is 7. The largest absolute Gasteiger partial charge is 0.461 e. The molecule has 0 aromatic heterocycles. The van der Waals surface area contributed by atoms with E-state index in [1.165, 1.54) is 11.8 Å². The number of fused-ring (bicyclic) bond motifs is 2. The van der Waals surface area contributed by atoms with Gasteiger partial charge in [0.1, 0.15) is 12.6 Å². The van der Waals surface area contributed by atoms with Crippen LogP contribution in [0.1, 0.15) is 19.4 Å². The molecule has 1 N–H and O–H groups in total. The highest BCUT2D eigenvalue weighted by molar-refractivity contribution is 8.02. The van der Waals surface area contributed by atoms with E-state index in [2.05, 4.69) is 18.7 Å². The standard InChI is InChI=1S/C33H37N3O5S/c1-3-34(4-2)23-13-15-24(16-14-23)35-18-9-17-33-28(27-26(42-33)12-8-19-41-32(27)40)30(38)36(29(33)31(35)39)25(21-37)20-22-10-6-5-7-11-22/h5-17,25-29,37H,3-4,18-21H2,1-2H3/t25-,26+,27-,28+,29?,33+/m1/s1. The molecule has 1 unspecified atom stereocenters. The Morgan fingerprint density at radius 3 is 2.45 bits per heavy atom. The van der Waals surface area contributed by atoms with Crippen LogP contribution in [0.15, 0.2) is 78.9 Å². The monoisotopic (exact) mass is 587 g/mol. The van der Waals surface area contributed by atoms with Crippen molar-refractivity contribution in [3.05, 3.63) is 84.5 Å². The van der Waals surface area contributed by atoms with Gasteiger partial charge in [-0.05, 0) is 50.1 Å². The van der Waals surface area contributed by atoms with Crippen LogP contribution in [0, 0.1) is 11.8 Å². The van der Waals surface area contributed by atoms with Gasteiger partial charge in [0.15, 0.2) is 0 Å². The van der Waals surface area contributed by atoms with Gasteiger partial charge in [0.05, 0.1) is 29.2 Å². The second-order valence-corrected chi connectivity index (χ2v) is 12.7. The zero-order valence-electron chi connectivity index (χ0n) is 24.0. The molecule has 2 aromatic rings. The van der Waals surface area contributed by atoms with E-state index in [0.717, 1.165) is 30.0 Å². The first-order valence-electron chi connectivity index (χ1n) is 14.8. The number of rotatable bonds is 8. The lowest BCUT2D eigenvalue weighted by Gasteiger charge is -2.38. The molecular formula is C33H37N3O5S. The van der Waals surface area contributed by atoms with E-state index in [4.69, 9.17) is 4.74 Å². The second kappa shape index (κ2) is 11.6. The number of aliphatic hydroxyl groups excluding tert-OH is 1. The topological polar surface area (TPSA) is 90.4 Å². The van der Waals surface area contributed by atoms with Crippen LogP contribution >= 0.6 is 11.8 Å². The molecule has 2 aromatic carbocycles. The maximum Gasteiger partial charge on any atom is 0.311 e. The van der Waals surface area contributed by atoms with E-state index in [1.54, 1.807) is 9.80 Å². The number of anilines is 2. The minimum absolute atomic E-state index is 0.173. The summed E-state index contributed by atoms with van der Waals surface area (Å²) in [4.78, 5) is 48.1. The van der Waals surface area contributed by atoms with Crippen LogP contribution in [-0.2, 0) is 25.5 Å². The fourth-order valence-electron chi connectivity index (χ4n) is 7.10. The normalized spacial score (nSPS) is 29.0. The molecule has 0 radical (unpaired) electrons. The van der Waals surface area contributed by atoms with E-state index in [9.17, 15) is 19.5 Å². The van der Waals surface area contributed by atoms with E-state index in [0.29, 0.717) is 13.0 Å². The number of hydrogen-bond donors (Lipinski definition) is 1. The fraction of sp³-hybridized carbons (Fsp3) is 0.424. The Morgan fingerprint density at radius 2 is 1.76 bits per heavy atom. The molecule has 6 rings (SSSR count). The van der Waals surface area contributed by atoms with Crippen LogP contribution in [-0.4, -0.2) is 82.7 Å². The minimum atomic E-state index is -0.968. The summed E-state index contributed by atoms with van der Waals surface area (Å²) in [5.74, 6) is -2.38. The molecule has 0 bridgehead atoms. The van der Waals surface area contributed by atoms with E-state index in [1.807, 2.05) is 78.9 Å². The van der Waals surface area contributed by atoms with Crippen molar-refractivity contribution in [2.45, 2.75) is 42.3 Å². The smallest absolute Gasteiger partial charge is 0.311 e. The summed E-state index contributed by atoms with van der Waals surface area (Å²) in [6.45, 7) is 6.19. The third-order valence-corrected chi connectivity index (χ3v) is 10.8. The van der Waals surface area contributed by atoms with Crippen molar-refractivity contribution in [1.82, 2.24) is 4.90 Å². The molecule has 2 amide bonds. The fourth-order valence-corrected chi connectivity index (χ4v) is 9.09. The summed E-state index contributed by atoms with van der Waals surface area (Å²) in [5.41, 5.74) is 2.78. The van der Waals surface area contributed by atoms with Gasteiger partial charge in [0.25, 0.3) is 5.91 Å². The summed E-state index contributed by atoms with van der Waals surface area (Å²) in [5, 5.41) is 10.4. The highest BCUT2D eigenvalue weighted by Gasteiger charge is 2.71. The second-order valence-electron chi connectivity index (χ2n) is 11.2. The van der Waals surface area contributed by atoms with Gasteiger partial charge in [-0.25, -0.2) is 0 Å². The van der Waals surface area contributed by atoms with Crippen molar-refractivity contribution in [2.24, 2.45) is 11.8 Å². The highest BCUT2D eigenvalue weighted by atomic mass is 32.2. The number of benzene rings is 2. The van der Waals surface area contributed by atoms with Gasteiger partial charge < -0.3 is 24.5 Å². The Labute approximate surface area is 251 Å². The third-order valence-electron chi connectivity index (χ3n) is 9.06. The van der Waals surface area contributed by atoms with Crippen LogP contribution in [0.5, 0.6) is 0 Å². The number of carbonyl (C=O) groups excluding carboxylic acids is 3. The summed E-state index contributed by atoms with van der Waals surface area (Å²) >= 11 is 1.51. The molecule has 0 saturated carbocycles. The molecule has 8 nitrogen and oxygen atoms in total. The number of aliphatic hydroxyl groups is 1. The van der Waals surface area contributed by atoms with Crippen molar-refractivity contribution in [3.63, 3.8) is 0 Å². The SMILES string of the molecule is CCN(CC)c1ccc(N2CC=C[C@]34S[C@H]5C=CCOC(=O)[C@H]5[C@H]3C(=O)N([C@@H](CO)Cc3ccccc3)C4C2=O)cc1. The van der Waals surface area contributed by atoms with E-state index in [-0.39, 0.29) is 30.3 Å². The average molecular weight is 588 g/mol. The first-order chi connectivity index (χ1) is 20.4. The molecule has 4 aliphatic heterocycles. The van der Waals surface area contributed by atoms with Gasteiger partial charge in [0.2, 0.25) is 5.91 Å². The summed E-state index contributed by atoms with van der Waals surface area (Å²) in [7, 11) is 0. The van der Waals surface area contributed by atoms with Crippen LogP contribution in [0.25, 0.3) is 0 Å². The van der Waals surface area contributed by atoms with Crippen molar-refractivity contribution in [2.75, 3.05) is 42.6 Å². The Hall–Kier alpha value is -3.56. The molecule has 4 aliphatic rings. The number of cyclic esters (lactones) is 1. The highest BCUT2D eigenvalue weighted by Crippen LogP contribution is 2.61. The number of ether oxygens (including phenoxy) is 1. The van der Waals surface area contributed by atoms with Gasteiger partial charge in [0, 0.05) is 36.3 Å². The number of carbonyl (C=O) groups is 3. The maximum atomic E-state index is 14.7. The molecule has 2 saturated heterocycles. The van der Waals surface area contributed by atoms with Gasteiger partial charge in [-0.3, -0.25) is 14.4 Å². The van der Waals surface area contributed by atoms with Crippen molar-refractivity contribution in [3.8, 4) is 0 Å². The van der Waals surface area contributed by atoms with Gasteiger partial charge in [-0.15, -0.1) is 11.8 Å². The molecule has 1 spiro atoms. The zero-order chi connectivity index (χ0) is 29.4. The lowest BCUT2D eigenvalue weighted by Crippen LogP contribution is -2.57. The number of thioether (sulfide) groups is 1. The van der Waals surface area contributed by atoms with Crippen LogP contribution in [0.4, 0.5) is 11.4 Å². The van der Waals surface area contributed by atoms with Gasteiger partial charge in [-0.2, -0.15) is 0 Å². The number of likely N-dealkylation sites (tertiary alicyclic amines) is 1. The number of amides is 2. The van der Waals surface area contributed by atoms with Crippen LogP contribution < -0.4 is 9.80 Å². The Bertz CT molecular complexity index is 1390. The van der Waals surface area contributed by atoms with Crippen molar-refractivity contribution < 1.29 is 24.2 Å². The molecule has 6 atom stereocenters. The van der Waals surface area contributed by atoms with Gasteiger partial charge in [-0.1, -0.05) is 54.6 Å². The lowest BCUT2D eigenvalue weighted by molar-refractivity contribution is -0.152. The lowest BCUT2D eigenvalue weighted by atomic mass is 9.78. The van der Waals surface area contributed by atoms with Gasteiger partial charge >= 0.3 is 5.97 Å². The molecule has 220 valence electrons. The molecule has 9 heteroatoms. The predicted octanol–water partition coefficient (Wildman–Crippen LogP) is 3.45. The Morgan fingerprint density at radius 1 is 1.02 bits per heavy atom. The summed E-state index contributed by atoms with van der Waals surface area (Å²) in [6.07, 6.45) is 8.10. The molecule has 4 heterocycles. The molecule has 2 fully saturated rings. The summed E-state index contributed by atoms with van der Waals surface area (Å²) in [6, 6.07) is 16.1. The third kappa shape index (κ3) is 4.63. The van der Waals surface area contributed by atoms with Crippen LogP contribution in [0.3, 0.4) is 0 Å². The van der Waals surface area contributed by atoms with Crippen LogP contribution in [0.2, 0.25) is 0 Å². The minimum Gasteiger partial charge on any atom is -0.461 e. The van der Waals surface area contributed by atoms with E-state index < -0.39 is 34.6 Å². The van der Waals surface area contributed by atoms with E-state index >= 15 is 0 Å². The number of nitrogens with zero attached hydrogens (tertiary/aromatic N) is 3. The summed E-state index contributed by atoms with van der Waals surface area (Å²) < 4.78 is 4.51. The zero-order valence-corrected chi connectivity index (χ0v) is 24.8. The maximum absolute atomic E-state index is 14.7. The average Bonchev–Trinajstić information content (AvgIpc) is 3.31. The first-order valence-corrected chi connectivity index (χ1v) is 15.6. The quantitative estimate of drug-likeness (QED) is 0.374.